The van der Waals surface area contributed by atoms with Gasteiger partial charge in [-0.15, -0.1) is 0 Å². The number of rotatable bonds is 11. The summed E-state index contributed by atoms with van der Waals surface area (Å²) in [6.07, 6.45) is 3.23. The molecule has 1 unspecified atom stereocenters. The third kappa shape index (κ3) is 5.99. The number of benzene rings is 2. The predicted molar refractivity (Wildman–Crippen MR) is 156 cm³/mol. The summed E-state index contributed by atoms with van der Waals surface area (Å²) in [6.45, 7) is 3.66. The Morgan fingerprint density at radius 1 is 1.14 bits per heavy atom. The van der Waals surface area contributed by atoms with E-state index in [9.17, 15) is 9.90 Å². The molecule has 2 N–H and O–H groups in total. The van der Waals surface area contributed by atoms with Gasteiger partial charge in [0.05, 0.1) is 42.8 Å². The Hall–Kier alpha value is -3.55. The molecule has 0 radical (unpaired) electrons. The number of fused-ring (bicyclic) bond motifs is 2. The van der Waals surface area contributed by atoms with Gasteiger partial charge in [0.1, 0.15) is 11.2 Å². The summed E-state index contributed by atoms with van der Waals surface area (Å²) in [5, 5.41) is 13.7. The second-order valence-corrected chi connectivity index (χ2v) is 10.7. The largest absolute Gasteiger partial charge is 0.479 e. The maximum absolute atomic E-state index is 13.3. The molecule has 42 heavy (non-hydrogen) atoms. The molecule has 0 aliphatic carbocycles. The van der Waals surface area contributed by atoms with E-state index in [0.717, 1.165) is 37.8 Å². The summed E-state index contributed by atoms with van der Waals surface area (Å²) >= 11 is 0. The highest BCUT2D eigenvalue weighted by molar-refractivity contribution is 5.95. The minimum absolute atomic E-state index is 0.0357. The molecule has 2 aliphatic rings. The highest BCUT2D eigenvalue weighted by atomic mass is 16.7. The van der Waals surface area contributed by atoms with Gasteiger partial charge in [0.15, 0.2) is 18.8 Å². The third-order valence-corrected chi connectivity index (χ3v) is 7.79. The Kier molecular flexibility index (Phi) is 8.68. The maximum Gasteiger partial charge on any atom is 0.274 e. The number of β-amino-alcohol motifs (C(OH)–C–C–N with tert-alkyl or cyclic N) is 1. The molecule has 2 aromatic heterocycles. The lowest BCUT2D eigenvalue weighted by Crippen LogP contribution is -2.29. The van der Waals surface area contributed by atoms with E-state index in [0.29, 0.717) is 77.7 Å². The molecule has 12 heteroatoms. The van der Waals surface area contributed by atoms with Crippen LogP contribution in [0, 0.1) is 0 Å². The van der Waals surface area contributed by atoms with Gasteiger partial charge in [0, 0.05) is 38.9 Å². The van der Waals surface area contributed by atoms with Crippen molar-refractivity contribution >= 4 is 21.9 Å². The fourth-order valence-corrected chi connectivity index (χ4v) is 5.63. The van der Waals surface area contributed by atoms with E-state index in [1.54, 1.807) is 25.0 Å². The lowest BCUT2D eigenvalue weighted by molar-refractivity contribution is -0.168. The number of hydrogen-bond donors (Lipinski definition) is 2. The molecule has 0 saturated carbocycles. The van der Waals surface area contributed by atoms with Crippen LogP contribution >= 0.6 is 0 Å². The molecule has 0 bridgehead atoms. The first-order valence-corrected chi connectivity index (χ1v) is 14.4. The SMILES string of the molecule is COCOc1cc(COC2CCCCO2)cc2nc(OC)c(-c3cccc4c(=O)n(CCN5CC[C@@H](O)C5)[nH]c34)nc12. The topological polar surface area (TPSA) is 133 Å². The smallest absolute Gasteiger partial charge is 0.274 e. The summed E-state index contributed by atoms with van der Waals surface area (Å²) in [5.41, 5.74) is 3.67. The summed E-state index contributed by atoms with van der Waals surface area (Å²) in [4.78, 5) is 25.2. The summed E-state index contributed by atoms with van der Waals surface area (Å²) in [6, 6.07) is 9.30. The van der Waals surface area contributed by atoms with E-state index in [1.807, 2.05) is 24.3 Å². The van der Waals surface area contributed by atoms with Crippen molar-refractivity contribution in [2.24, 2.45) is 0 Å². The molecule has 12 nitrogen and oxygen atoms in total. The number of aromatic nitrogens is 4. The fraction of sp³-hybridized carbons (Fsp3) is 0.500. The number of likely N-dealkylation sites (tertiary alicyclic amines) is 1. The normalized spacial score (nSPS) is 19.6. The van der Waals surface area contributed by atoms with Crippen LogP contribution in [-0.2, 0) is 27.4 Å². The van der Waals surface area contributed by atoms with Gasteiger partial charge in [0.2, 0.25) is 5.88 Å². The first kappa shape index (κ1) is 28.6. The van der Waals surface area contributed by atoms with Crippen LogP contribution in [0.1, 0.15) is 31.2 Å². The minimum Gasteiger partial charge on any atom is -0.479 e. The Morgan fingerprint density at radius 2 is 2.05 bits per heavy atom. The fourth-order valence-electron chi connectivity index (χ4n) is 5.63. The highest BCUT2D eigenvalue weighted by Gasteiger charge is 2.23. The lowest BCUT2D eigenvalue weighted by Gasteiger charge is -2.23. The second kappa shape index (κ2) is 12.8. The number of aliphatic hydroxyl groups excluding tert-OH is 1. The Morgan fingerprint density at radius 3 is 2.81 bits per heavy atom. The number of para-hydroxylation sites is 1. The molecule has 2 saturated heterocycles. The van der Waals surface area contributed by atoms with Crippen LogP contribution < -0.4 is 15.0 Å². The van der Waals surface area contributed by atoms with Crippen LogP contribution in [0.4, 0.5) is 0 Å². The van der Waals surface area contributed by atoms with Crippen molar-refractivity contribution in [3.05, 3.63) is 46.2 Å². The molecule has 2 aliphatic heterocycles. The summed E-state index contributed by atoms with van der Waals surface area (Å²) in [7, 11) is 3.11. The van der Waals surface area contributed by atoms with Gasteiger partial charge in [0.25, 0.3) is 5.56 Å². The zero-order chi connectivity index (χ0) is 29.1. The van der Waals surface area contributed by atoms with E-state index < -0.39 is 0 Å². The molecular formula is C30H37N5O7. The minimum atomic E-state index is -0.303. The Bertz CT molecular complexity index is 1600. The molecule has 4 heterocycles. The quantitative estimate of drug-likeness (QED) is 0.256. The summed E-state index contributed by atoms with van der Waals surface area (Å²) in [5.74, 6) is 0.820. The zero-order valence-corrected chi connectivity index (χ0v) is 24.0. The van der Waals surface area contributed by atoms with Gasteiger partial charge in [-0.1, -0.05) is 12.1 Å². The van der Waals surface area contributed by atoms with Crippen molar-refractivity contribution in [1.29, 1.82) is 0 Å². The molecule has 2 atom stereocenters. The number of nitrogens with one attached hydrogen (secondary N) is 1. The monoisotopic (exact) mass is 579 g/mol. The molecule has 2 aromatic carbocycles. The van der Waals surface area contributed by atoms with E-state index in [1.165, 1.54) is 0 Å². The van der Waals surface area contributed by atoms with Crippen molar-refractivity contribution in [2.45, 2.75) is 51.2 Å². The van der Waals surface area contributed by atoms with Gasteiger partial charge in [-0.2, -0.15) is 0 Å². The average molecular weight is 580 g/mol. The lowest BCUT2D eigenvalue weighted by atomic mass is 10.1. The molecule has 2 fully saturated rings. The molecule has 0 amide bonds. The van der Waals surface area contributed by atoms with E-state index in [-0.39, 0.29) is 24.7 Å². The molecule has 224 valence electrons. The average Bonchev–Trinajstić information content (AvgIpc) is 3.59. The van der Waals surface area contributed by atoms with Gasteiger partial charge >= 0.3 is 0 Å². The number of ether oxygens (including phenoxy) is 5. The molecule has 4 aromatic rings. The van der Waals surface area contributed by atoms with Crippen molar-refractivity contribution in [1.82, 2.24) is 24.6 Å². The number of H-pyrrole nitrogens is 1. The van der Waals surface area contributed by atoms with Gasteiger partial charge in [-0.05, 0) is 49.4 Å². The first-order valence-electron chi connectivity index (χ1n) is 14.4. The van der Waals surface area contributed by atoms with Crippen molar-refractivity contribution in [3.8, 4) is 22.9 Å². The van der Waals surface area contributed by atoms with Crippen molar-refractivity contribution in [3.63, 3.8) is 0 Å². The molecule has 6 rings (SSSR count). The van der Waals surface area contributed by atoms with Crippen LogP contribution in [0.15, 0.2) is 35.1 Å². The van der Waals surface area contributed by atoms with Crippen molar-refractivity contribution < 1.29 is 28.8 Å². The first-order chi connectivity index (χ1) is 20.5. The van der Waals surface area contributed by atoms with Crippen LogP contribution in [0.25, 0.3) is 33.2 Å². The number of nitrogens with zero attached hydrogens (tertiary/aromatic N) is 4. The van der Waals surface area contributed by atoms with Gasteiger partial charge < -0.3 is 28.8 Å². The zero-order valence-electron chi connectivity index (χ0n) is 24.0. The third-order valence-electron chi connectivity index (χ3n) is 7.79. The molecular weight excluding hydrogens is 542 g/mol. The number of hydrogen-bond acceptors (Lipinski definition) is 10. The van der Waals surface area contributed by atoms with Crippen LogP contribution in [-0.4, -0.2) is 89.4 Å². The standard InChI is InChI=1S/C30H37N5O7/c1-38-18-42-24-15-19(17-41-25-8-3-4-13-40-25)14-23-28(24)32-27(29(31-23)39-2)21-6-5-7-22-26(21)33-35(30(22)37)12-11-34-10-9-20(36)16-34/h5-7,14-15,20,25,33,36H,3-4,8-13,16-18H2,1-2H3/t20-,25?/m1/s1. The van der Waals surface area contributed by atoms with Crippen LogP contribution in [0.5, 0.6) is 11.6 Å². The summed E-state index contributed by atoms with van der Waals surface area (Å²) < 4.78 is 30.2. The van der Waals surface area contributed by atoms with Gasteiger partial charge in [-0.25, -0.2) is 9.97 Å². The molecule has 0 spiro atoms. The Balaban J connectivity index is 1.36. The van der Waals surface area contributed by atoms with E-state index in [4.69, 9.17) is 33.7 Å². The van der Waals surface area contributed by atoms with Crippen LogP contribution in [0.2, 0.25) is 0 Å². The van der Waals surface area contributed by atoms with E-state index in [2.05, 4.69) is 10.00 Å². The van der Waals surface area contributed by atoms with E-state index >= 15 is 0 Å². The van der Waals surface area contributed by atoms with Crippen LogP contribution in [0.3, 0.4) is 0 Å². The number of aromatic amines is 1. The number of aliphatic hydroxyl groups is 1. The highest BCUT2D eigenvalue weighted by Crippen LogP contribution is 2.35. The second-order valence-electron chi connectivity index (χ2n) is 10.7. The predicted octanol–water partition coefficient (Wildman–Crippen LogP) is 3.04. The maximum atomic E-state index is 13.3. The number of methoxy groups -OCH3 is 2. The van der Waals surface area contributed by atoms with Gasteiger partial charge in [-0.3, -0.25) is 19.5 Å². The Labute approximate surface area is 243 Å². The van der Waals surface area contributed by atoms with Crippen molar-refractivity contribution in [2.75, 3.05) is 47.3 Å².